The fraction of sp³-hybridized carbons (Fsp3) is 0.357. The molecule has 2 rings (SSSR count). The molecule has 0 radical (unpaired) electrons. The summed E-state index contributed by atoms with van der Waals surface area (Å²) in [5.41, 5.74) is 2.54. The van der Waals surface area contributed by atoms with Gasteiger partial charge in [0.15, 0.2) is 0 Å². The van der Waals surface area contributed by atoms with Gasteiger partial charge in [-0.25, -0.2) is 0 Å². The van der Waals surface area contributed by atoms with Crippen molar-refractivity contribution in [2.75, 3.05) is 7.11 Å². The summed E-state index contributed by atoms with van der Waals surface area (Å²) >= 11 is 0. The minimum Gasteiger partial charge on any atom is -0.496 e. The normalized spacial score (nSPS) is 10.7. The molecule has 0 amide bonds. The summed E-state index contributed by atoms with van der Waals surface area (Å²) in [5, 5.41) is 2.38. The fourth-order valence-corrected chi connectivity index (χ4v) is 2.19. The van der Waals surface area contributed by atoms with Gasteiger partial charge in [-0.15, -0.1) is 0 Å². The van der Waals surface area contributed by atoms with Gasteiger partial charge in [0.05, 0.1) is 7.11 Å². The van der Waals surface area contributed by atoms with Crippen LogP contribution in [0.25, 0.3) is 10.8 Å². The number of rotatable bonds is 3. The first-order valence-corrected chi connectivity index (χ1v) is 5.75. The van der Waals surface area contributed by atoms with Crippen LogP contribution in [0.15, 0.2) is 24.4 Å². The Bertz CT molecular complexity index is 505. The molecular formula is C14H17NO. The second-order valence-corrected chi connectivity index (χ2v) is 3.81. The van der Waals surface area contributed by atoms with E-state index in [1.54, 1.807) is 7.11 Å². The molecule has 0 aliphatic carbocycles. The average Bonchev–Trinajstić information content (AvgIpc) is 2.36. The van der Waals surface area contributed by atoms with Gasteiger partial charge in [-0.3, -0.25) is 4.98 Å². The number of aromatic nitrogens is 1. The van der Waals surface area contributed by atoms with E-state index in [4.69, 9.17) is 4.74 Å². The molecule has 1 aromatic carbocycles. The van der Waals surface area contributed by atoms with Gasteiger partial charge in [0.2, 0.25) is 0 Å². The van der Waals surface area contributed by atoms with E-state index in [0.29, 0.717) is 0 Å². The molecule has 0 aliphatic heterocycles. The molecule has 0 fully saturated rings. The van der Waals surface area contributed by atoms with Gasteiger partial charge in [-0.2, -0.15) is 0 Å². The predicted molar refractivity (Wildman–Crippen MR) is 67.1 cm³/mol. The molecule has 1 aromatic heterocycles. The second kappa shape index (κ2) is 4.52. The SMILES string of the molecule is CCc1ncc2c(OC)cccc2c1CC. The molecule has 0 spiro atoms. The zero-order chi connectivity index (χ0) is 11.5. The Balaban J connectivity index is 2.78. The summed E-state index contributed by atoms with van der Waals surface area (Å²) in [6.07, 6.45) is 3.92. The smallest absolute Gasteiger partial charge is 0.128 e. The molecule has 2 aromatic rings. The van der Waals surface area contributed by atoms with Gasteiger partial charge in [0.1, 0.15) is 5.75 Å². The zero-order valence-corrected chi connectivity index (χ0v) is 10.1. The van der Waals surface area contributed by atoms with Crippen LogP contribution in [-0.2, 0) is 12.8 Å². The number of aryl methyl sites for hydroxylation is 2. The first-order valence-electron chi connectivity index (χ1n) is 5.75. The van der Waals surface area contributed by atoms with Crippen molar-refractivity contribution in [1.82, 2.24) is 4.98 Å². The van der Waals surface area contributed by atoms with Crippen molar-refractivity contribution in [2.45, 2.75) is 26.7 Å². The van der Waals surface area contributed by atoms with Crippen molar-refractivity contribution in [2.24, 2.45) is 0 Å². The van der Waals surface area contributed by atoms with Crippen molar-refractivity contribution in [3.63, 3.8) is 0 Å². The lowest BCUT2D eigenvalue weighted by Crippen LogP contribution is -1.97. The van der Waals surface area contributed by atoms with Crippen molar-refractivity contribution < 1.29 is 4.74 Å². The van der Waals surface area contributed by atoms with Gasteiger partial charge in [0, 0.05) is 17.3 Å². The molecule has 84 valence electrons. The van der Waals surface area contributed by atoms with Crippen LogP contribution in [0.3, 0.4) is 0 Å². The first kappa shape index (κ1) is 10.9. The minimum atomic E-state index is 0.905. The number of hydrogen-bond acceptors (Lipinski definition) is 2. The molecule has 2 heteroatoms. The molecule has 0 atom stereocenters. The standard InChI is InChI=1S/C14H17NO/c1-4-10-11-7-6-8-14(16-3)12(11)9-15-13(10)5-2/h6-9H,4-5H2,1-3H3. The van der Waals surface area contributed by atoms with Gasteiger partial charge in [-0.05, 0) is 29.9 Å². The number of fused-ring (bicyclic) bond motifs is 1. The number of benzene rings is 1. The maximum Gasteiger partial charge on any atom is 0.128 e. The number of methoxy groups -OCH3 is 1. The van der Waals surface area contributed by atoms with E-state index < -0.39 is 0 Å². The Labute approximate surface area is 96.3 Å². The largest absolute Gasteiger partial charge is 0.496 e. The van der Waals surface area contributed by atoms with Crippen molar-refractivity contribution >= 4 is 10.8 Å². The summed E-state index contributed by atoms with van der Waals surface area (Å²) in [5.74, 6) is 0.905. The van der Waals surface area contributed by atoms with Crippen LogP contribution in [0.4, 0.5) is 0 Å². The van der Waals surface area contributed by atoms with E-state index >= 15 is 0 Å². The predicted octanol–water partition coefficient (Wildman–Crippen LogP) is 3.37. The molecule has 0 saturated carbocycles. The molecule has 2 nitrogen and oxygen atoms in total. The molecular weight excluding hydrogens is 198 g/mol. The van der Waals surface area contributed by atoms with E-state index in [-0.39, 0.29) is 0 Å². The Hall–Kier alpha value is -1.57. The number of hydrogen-bond donors (Lipinski definition) is 0. The quantitative estimate of drug-likeness (QED) is 0.783. The third-order valence-corrected chi connectivity index (χ3v) is 3.00. The molecule has 1 heterocycles. The minimum absolute atomic E-state index is 0.905. The van der Waals surface area contributed by atoms with Crippen LogP contribution in [-0.4, -0.2) is 12.1 Å². The Morgan fingerprint density at radius 1 is 1.12 bits per heavy atom. The summed E-state index contributed by atoms with van der Waals surface area (Å²) < 4.78 is 5.36. The summed E-state index contributed by atoms with van der Waals surface area (Å²) in [6.45, 7) is 4.32. The highest BCUT2D eigenvalue weighted by Gasteiger charge is 2.08. The van der Waals surface area contributed by atoms with Crippen LogP contribution in [0.5, 0.6) is 5.75 Å². The number of nitrogens with zero attached hydrogens (tertiary/aromatic N) is 1. The number of ether oxygens (including phenoxy) is 1. The highest BCUT2D eigenvalue weighted by atomic mass is 16.5. The van der Waals surface area contributed by atoms with Crippen LogP contribution in [0.1, 0.15) is 25.1 Å². The van der Waals surface area contributed by atoms with Crippen LogP contribution in [0.2, 0.25) is 0 Å². The van der Waals surface area contributed by atoms with E-state index in [2.05, 4.69) is 24.9 Å². The van der Waals surface area contributed by atoms with Crippen molar-refractivity contribution in [1.29, 1.82) is 0 Å². The lowest BCUT2D eigenvalue weighted by atomic mass is 10.0. The maximum absolute atomic E-state index is 5.36. The summed E-state index contributed by atoms with van der Waals surface area (Å²) in [6, 6.07) is 6.17. The van der Waals surface area contributed by atoms with E-state index in [1.807, 2.05) is 18.3 Å². The third kappa shape index (κ3) is 1.64. The highest BCUT2D eigenvalue weighted by molar-refractivity contribution is 5.90. The highest BCUT2D eigenvalue weighted by Crippen LogP contribution is 2.28. The van der Waals surface area contributed by atoms with E-state index in [0.717, 1.165) is 24.0 Å². The first-order chi connectivity index (χ1) is 7.81. The molecule has 0 unspecified atom stereocenters. The number of pyridine rings is 1. The van der Waals surface area contributed by atoms with Crippen LogP contribution >= 0.6 is 0 Å². The van der Waals surface area contributed by atoms with Crippen molar-refractivity contribution in [3.05, 3.63) is 35.7 Å². The van der Waals surface area contributed by atoms with Crippen molar-refractivity contribution in [3.8, 4) is 5.75 Å². The maximum atomic E-state index is 5.36. The molecule has 0 bridgehead atoms. The van der Waals surface area contributed by atoms with Gasteiger partial charge >= 0.3 is 0 Å². The third-order valence-electron chi connectivity index (χ3n) is 3.00. The van der Waals surface area contributed by atoms with Gasteiger partial charge in [-0.1, -0.05) is 26.0 Å². The Kier molecular flexibility index (Phi) is 3.09. The van der Waals surface area contributed by atoms with E-state index in [9.17, 15) is 0 Å². The molecule has 16 heavy (non-hydrogen) atoms. The molecule has 0 N–H and O–H groups in total. The van der Waals surface area contributed by atoms with E-state index in [1.165, 1.54) is 16.6 Å². The summed E-state index contributed by atoms with van der Waals surface area (Å²) in [4.78, 5) is 4.52. The molecule has 0 saturated heterocycles. The summed E-state index contributed by atoms with van der Waals surface area (Å²) in [7, 11) is 1.70. The van der Waals surface area contributed by atoms with Crippen LogP contribution in [0, 0.1) is 0 Å². The average molecular weight is 215 g/mol. The lowest BCUT2D eigenvalue weighted by Gasteiger charge is -2.11. The fourth-order valence-electron chi connectivity index (χ4n) is 2.19. The van der Waals surface area contributed by atoms with Gasteiger partial charge < -0.3 is 4.74 Å². The molecule has 0 aliphatic rings. The van der Waals surface area contributed by atoms with Crippen LogP contribution < -0.4 is 4.74 Å². The zero-order valence-electron chi connectivity index (χ0n) is 10.1. The Morgan fingerprint density at radius 2 is 1.94 bits per heavy atom. The lowest BCUT2D eigenvalue weighted by molar-refractivity contribution is 0.419. The van der Waals surface area contributed by atoms with Gasteiger partial charge in [0.25, 0.3) is 0 Å². The topological polar surface area (TPSA) is 22.1 Å². The second-order valence-electron chi connectivity index (χ2n) is 3.81. The monoisotopic (exact) mass is 215 g/mol. The Morgan fingerprint density at radius 3 is 2.56 bits per heavy atom.